The van der Waals surface area contributed by atoms with Crippen molar-refractivity contribution in [1.29, 1.82) is 5.26 Å². The number of aromatic nitrogens is 2. The van der Waals surface area contributed by atoms with Gasteiger partial charge in [-0.2, -0.15) is 10.4 Å². The fraction of sp³-hybridized carbons (Fsp3) is 0.412. The lowest BCUT2D eigenvalue weighted by Gasteiger charge is -2.17. The summed E-state index contributed by atoms with van der Waals surface area (Å²) in [5.41, 5.74) is 2.89. The number of hydrogen-bond donors (Lipinski definition) is 2. The van der Waals surface area contributed by atoms with Crippen molar-refractivity contribution in [2.75, 3.05) is 5.32 Å². The zero-order chi connectivity index (χ0) is 19.0. The first kappa shape index (κ1) is 19.0. The Morgan fingerprint density at radius 3 is 2.88 bits per heavy atom. The van der Waals surface area contributed by atoms with Gasteiger partial charge in [0.2, 0.25) is 0 Å². The Balaban J connectivity index is 1.77. The molecule has 0 aliphatic heterocycles. The molecule has 1 aliphatic rings. The van der Waals surface area contributed by atoms with Gasteiger partial charge in [-0.1, -0.05) is 6.92 Å². The molecule has 2 heterocycles. The molecule has 0 spiro atoms. The Hall–Kier alpha value is -1.76. The standard InChI is InChI=1S/C17H18BrN5OS2/c1-8-4-5-10-11(7-19)16(26-12(10)6-8)21-17(25)20-15(24)14-13(18)9(2)22-23(14)3/h8H,4-6H2,1-3H3,(H2,20,21,24,25). The summed E-state index contributed by atoms with van der Waals surface area (Å²) in [5.74, 6) is 0.267. The maximum atomic E-state index is 12.5. The summed E-state index contributed by atoms with van der Waals surface area (Å²) in [5, 5.41) is 20.3. The number of hydrogen-bond acceptors (Lipinski definition) is 5. The largest absolute Gasteiger partial charge is 0.323 e. The van der Waals surface area contributed by atoms with Gasteiger partial charge in [0, 0.05) is 11.9 Å². The van der Waals surface area contributed by atoms with Gasteiger partial charge in [-0.3, -0.25) is 14.8 Å². The Bertz CT molecular complexity index is 940. The number of thiophene rings is 1. The van der Waals surface area contributed by atoms with Gasteiger partial charge in [0.25, 0.3) is 5.91 Å². The van der Waals surface area contributed by atoms with Crippen LogP contribution in [-0.2, 0) is 19.9 Å². The van der Waals surface area contributed by atoms with Gasteiger partial charge in [0.05, 0.1) is 15.7 Å². The molecule has 2 aromatic heterocycles. The van der Waals surface area contributed by atoms with Gasteiger partial charge in [0.15, 0.2) is 5.11 Å². The van der Waals surface area contributed by atoms with Crippen LogP contribution < -0.4 is 10.6 Å². The second kappa shape index (κ2) is 7.47. The lowest BCUT2D eigenvalue weighted by atomic mass is 9.89. The minimum Gasteiger partial charge on any atom is -0.323 e. The van der Waals surface area contributed by atoms with Crippen molar-refractivity contribution in [1.82, 2.24) is 15.1 Å². The highest BCUT2D eigenvalue weighted by Gasteiger charge is 2.25. The molecule has 1 atom stereocenters. The van der Waals surface area contributed by atoms with Crippen molar-refractivity contribution in [2.45, 2.75) is 33.1 Å². The summed E-state index contributed by atoms with van der Waals surface area (Å²) in [6.45, 7) is 4.04. The molecule has 0 bridgehead atoms. The lowest BCUT2D eigenvalue weighted by molar-refractivity contribution is 0.0968. The van der Waals surface area contributed by atoms with E-state index >= 15 is 0 Å². The highest BCUT2D eigenvalue weighted by atomic mass is 79.9. The Morgan fingerprint density at radius 1 is 1.54 bits per heavy atom. The average molecular weight is 452 g/mol. The molecule has 9 heteroatoms. The van der Waals surface area contributed by atoms with Gasteiger partial charge < -0.3 is 5.32 Å². The Labute approximate surface area is 169 Å². The van der Waals surface area contributed by atoms with Crippen molar-refractivity contribution >= 4 is 55.5 Å². The molecule has 0 aromatic carbocycles. The fourth-order valence-electron chi connectivity index (χ4n) is 3.13. The summed E-state index contributed by atoms with van der Waals surface area (Å²) in [4.78, 5) is 13.7. The van der Waals surface area contributed by atoms with E-state index in [-0.39, 0.29) is 11.0 Å². The SMILES string of the molecule is Cc1nn(C)c(C(=O)NC(=S)Nc2sc3c(c2C#N)CCC(C)C3)c1Br. The van der Waals surface area contributed by atoms with Crippen LogP contribution in [0.3, 0.4) is 0 Å². The number of fused-ring (bicyclic) bond motifs is 1. The van der Waals surface area contributed by atoms with Crippen molar-refractivity contribution in [3.63, 3.8) is 0 Å². The van der Waals surface area contributed by atoms with Crippen molar-refractivity contribution < 1.29 is 4.79 Å². The highest BCUT2D eigenvalue weighted by Crippen LogP contribution is 2.39. The zero-order valence-corrected chi connectivity index (χ0v) is 17.9. The summed E-state index contributed by atoms with van der Waals surface area (Å²) >= 11 is 10.2. The number of carbonyl (C=O) groups is 1. The van der Waals surface area contributed by atoms with E-state index in [1.807, 2.05) is 6.92 Å². The van der Waals surface area contributed by atoms with Gasteiger partial charge in [0.1, 0.15) is 16.8 Å². The molecular weight excluding hydrogens is 434 g/mol. The molecule has 2 N–H and O–H groups in total. The van der Waals surface area contributed by atoms with E-state index in [1.165, 1.54) is 9.56 Å². The third-order valence-electron chi connectivity index (χ3n) is 4.44. The number of thiocarbonyl (C=S) groups is 1. The number of nitriles is 1. The summed E-state index contributed by atoms with van der Waals surface area (Å²) in [7, 11) is 1.70. The molecule has 6 nitrogen and oxygen atoms in total. The van der Waals surface area contributed by atoms with Crippen molar-refractivity contribution in [3.8, 4) is 6.07 Å². The van der Waals surface area contributed by atoms with Crippen LogP contribution in [0.5, 0.6) is 0 Å². The van der Waals surface area contributed by atoms with Crippen LogP contribution in [0.1, 0.15) is 45.5 Å². The Morgan fingerprint density at radius 2 is 2.27 bits per heavy atom. The first-order chi connectivity index (χ1) is 12.3. The number of anilines is 1. The second-order valence-corrected chi connectivity index (χ2v) is 8.75. The van der Waals surface area contributed by atoms with Crippen LogP contribution in [-0.4, -0.2) is 20.8 Å². The fourth-order valence-corrected chi connectivity index (χ4v) is 5.27. The van der Waals surface area contributed by atoms with Gasteiger partial charge in [-0.15, -0.1) is 11.3 Å². The highest BCUT2D eigenvalue weighted by molar-refractivity contribution is 9.10. The average Bonchev–Trinajstić information content (AvgIpc) is 3.02. The minimum absolute atomic E-state index is 0.170. The minimum atomic E-state index is -0.356. The molecule has 3 rings (SSSR count). The van der Waals surface area contributed by atoms with E-state index in [1.54, 1.807) is 18.4 Å². The van der Waals surface area contributed by atoms with E-state index in [9.17, 15) is 10.1 Å². The maximum absolute atomic E-state index is 12.5. The van der Waals surface area contributed by atoms with Crippen LogP contribution in [0.2, 0.25) is 0 Å². The van der Waals surface area contributed by atoms with Crippen LogP contribution in [0.25, 0.3) is 0 Å². The van der Waals surface area contributed by atoms with E-state index in [0.29, 0.717) is 26.6 Å². The van der Waals surface area contributed by atoms with Crippen LogP contribution in [0.4, 0.5) is 5.00 Å². The smallest absolute Gasteiger partial charge is 0.276 e. The molecular formula is C17H18BrN5OS2. The van der Waals surface area contributed by atoms with Gasteiger partial charge >= 0.3 is 0 Å². The van der Waals surface area contributed by atoms with Crippen LogP contribution in [0, 0.1) is 24.2 Å². The number of halogens is 1. The maximum Gasteiger partial charge on any atom is 0.276 e. The zero-order valence-electron chi connectivity index (χ0n) is 14.6. The summed E-state index contributed by atoms with van der Waals surface area (Å²) in [6, 6.07) is 2.28. The number of aryl methyl sites for hydroxylation is 2. The van der Waals surface area contributed by atoms with E-state index in [2.05, 4.69) is 44.7 Å². The molecule has 0 fully saturated rings. The monoisotopic (exact) mass is 451 g/mol. The lowest BCUT2D eigenvalue weighted by Crippen LogP contribution is -2.35. The molecule has 0 saturated carbocycles. The van der Waals surface area contributed by atoms with Crippen molar-refractivity contribution in [3.05, 3.63) is 31.9 Å². The molecule has 2 aromatic rings. The third kappa shape index (κ3) is 3.54. The quantitative estimate of drug-likeness (QED) is 0.680. The normalized spacial score (nSPS) is 15.9. The third-order valence-corrected chi connectivity index (χ3v) is 6.77. The predicted molar refractivity (Wildman–Crippen MR) is 110 cm³/mol. The number of rotatable bonds is 2. The summed E-state index contributed by atoms with van der Waals surface area (Å²) in [6.07, 6.45) is 2.99. The number of nitrogens with one attached hydrogen (secondary N) is 2. The Kier molecular flexibility index (Phi) is 5.46. The first-order valence-corrected chi connectivity index (χ1v) is 10.2. The molecule has 1 unspecified atom stereocenters. The molecule has 26 heavy (non-hydrogen) atoms. The number of amides is 1. The number of carbonyl (C=O) groups excluding carboxylic acids is 1. The van der Waals surface area contributed by atoms with Crippen LogP contribution >= 0.6 is 39.5 Å². The van der Waals surface area contributed by atoms with E-state index in [0.717, 1.165) is 30.5 Å². The van der Waals surface area contributed by atoms with Gasteiger partial charge in [-0.25, -0.2) is 0 Å². The molecule has 0 radical (unpaired) electrons. The topological polar surface area (TPSA) is 82.7 Å². The number of nitrogens with zero attached hydrogens (tertiary/aromatic N) is 3. The second-order valence-electron chi connectivity index (χ2n) is 6.45. The molecule has 136 valence electrons. The molecule has 1 amide bonds. The van der Waals surface area contributed by atoms with E-state index in [4.69, 9.17) is 12.2 Å². The first-order valence-electron chi connectivity index (χ1n) is 8.17. The van der Waals surface area contributed by atoms with Crippen LogP contribution in [0.15, 0.2) is 4.47 Å². The molecule has 0 saturated heterocycles. The summed E-state index contributed by atoms with van der Waals surface area (Å²) < 4.78 is 2.14. The predicted octanol–water partition coefficient (Wildman–Crippen LogP) is 3.68. The van der Waals surface area contributed by atoms with E-state index < -0.39 is 0 Å². The molecule has 1 aliphatic carbocycles. The van der Waals surface area contributed by atoms with Gasteiger partial charge in [-0.05, 0) is 65.8 Å². The van der Waals surface area contributed by atoms with Crippen molar-refractivity contribution in [2.24, 2.45) is 13.0 Å².